The lowest BCUT2D eigenvalue weighted by atomic mass is 10.1. The van der Waals surface area contributed by atoms with E-state index in [1.807, 2.05) is 24.3 Å². The summed E-state index contributed by atoms with van der Waals surface area (Å²) in [5.41, 5.74) is 1.97. The van der Waals surface area contributed by atoms with Gasteiger partial charge in [-0.15, -0.1) is 11.3 Å². The van der Waals surface area contributed by atoms with Crippen LogP contribution in [0.3, 0.4) is 0 Å². The van der Waals surface area contributed by atoms with Gasteiger partial charge in [-0.05, 0) is 48.9 Å². The molecule has 1 atom stereocenters. The van der Waals surface area contributed by atoms with E-state index in [1.54, 1.807) is 23.5 Å². The Bertz CT molecular complexity index is 847. The van der Waals surface area contributed by atoms with Crippen molar-refractivity contribution in [2.24, 2.45) is 4.99 Å². The van der Waals surface area contributed by atoms with Gasteiger partial charge in [0, 0.05) is 10.9 Å². The molecule has 2 aromatic carbocycles. The van der Waals surface area contributed by atoms with Crippen molar-refractivity contribution < 1.29 is 5.11 Å². The number of anilines is 1. The van der Waals surface area contributed by atoms with Crippen molar-refractivity contribution in [3.63, 3.8) is 0 Å². The zero-order valence-electron chi connectivity index (χ0n) is 15.4. The molecule has 1 aromatic heterocycles. The van der Waals surface area contributed by atoms with Gasteiger partial charge in [-0.2, -0.15) is 0 Å². The van der Waals surface area contributed by atoms with Crippen LogP contribution in [0.15, 0.2) is 77.1 Å². The molecule has 0 spiro atoms. The summed E-state index contributed by atoms with van der Waals surface area (Å²) < 4.78 is 0. The van der Waals surface area contributed by atoms with Gasteiger partial charge in [0.2, 0.25) is 0 Å². The summed E-state index contributed by atoms with van der Waals surface area (Å²) in [4.78, 5) is 5.89. The molecular formula is C22H25N3OS. The zero-order valence-corrected chi connectivity index (χ0v) is 16.2. The standard InChI is InChI=1S/C22H25N3OS/c1-17(13-14-18-8-3-2-4-9-18)24-22(23-16-19-10-7-15-27-19)25-20-11-5-6-12-21(20)26/h2-12,15,17,26H,13-14,16H2,1H3,(H2,23,24,25). The van der Waals surface area contributed by atoms with E-state index in [4.69, 9.17) is 4.99 Å². The number of phenols is 1. The highest BCUT2D eigenvalue weighted by molar-refractivity contribution is 7.09. The number of rotatable bonds is 7. The third-order valence-electron chi connectivity index (χ3n) is 4.22. The Kier molecular flexibility index (Phi) is 6.88. The lowest BCUT2D eigenvalue weighted by molar-refractivity contribution is 0.477. The number of nitrogens with one attached hydrogen (secondary N) is 2. The minimum Gasteiger partial charge on any atom is -0.506 e. The van der Waals surface area contributed by atoms with Crippen LogP contribution in [-0.4, -0.2) is 17.1 Å². The second-order valence-electron chi connectivity index (χ2n) is 6.46. The van der Waals surface area contributed by atoms with Gasteiger partial charge in [0.05, 0.1) is 12.2 Å². The molecule has 3 aromatic rings. The Labute approximate surface area is 164 Å². The van der Waals surface area contributed by atoms with Gasteiger partial charge in [0.1, 0.15) is 5.75 Å². The summed E-state index contributed by atoms with van der Waals surface area (Å²) in [6.45, 7) is 2.75. The number of aliphatic imine (C=N–C) groups is 1. The number of aryl methyl sites for hydroxylation is 1. The lowest BCUT2D eigenvalue weighted by Crippen LogP contribution is -2.38. The molecule has 0 aliphatic heterocycles. The van der Waals surface area contributed by atoms with E-state index in [2.05, 4.69) is 53.3 Å². The predicted molar refractivity (Wildman–Crippen MR) is 115 cm³/mol. The molecule has 0 aliphatic rings. The lowest BCUT2D eigenvalue weighted by Gasteiger charge is -2.19. The molecule has 140 valence electrons. The number of thiophene rings is 1. The van der Waals surface area contributed by atoms with Crippen molar-refractivity contribution in [2.75, 3.05) is 5.32 Å². The first kappa shape index (κ1) is 19.0. The smallest absolute Gasteiger partial charge is 0.196 e. The van der Waals surface area contributed by atoms with Crippen LogP contribution in [-0.2, 0) is 13.0 Å². The average Bonchev–Trinajstić information content (AvgIpc) is 3.21. The van der Waals surface area contributed by atoms with E-state index >= 15 is 0 Å². The van der Waals surface area contributed by atoms with E-state index in [0.29, 0.717) is 18.2 Å². The number of nitrogens with zero attached hydrogens (tertiary/aromatic N) is 1. The molecular weight excluding hydrogens is 354 g/mol. The van der Waals surface area contributed by atoms with Gasteiger partial charge in [0.25, 0.3) is 0 Å². The molecule has 0 saturated carbocycles. The van der Waals surface area contributed by atoms with Crippen molar-refractivity contribution in [3.8, 4) is 5.75 Å². The van der Waals surface area contributed by atoms with Crippen LogP contribution < -0.4 is 10.6 Å². The molecule has 3 rings (SSSR count). The molecule has 3 N–H and O–H groups in total. The van der Waals surface area contributed by atoms with Crippen molar-refractivity contribution >= 4 is 23.0 Å². The third-order valence-corrected chi connectivity index (χ3v) is 5.08. The summed E-state index contributed by atoms with van der Waals surface area (Å²) in [5.74, 6) is 0.880. The molecule has 0 bridgehead atoms. The summed E-state index contributed by atoms with van der Waals surface area (Å²) in [6.07, 6.45) is 1.99. The van der Waals surface area contributed by atoms with E-state index in [-0.39, 0.29) is 11.8 Å². The minimum atomic E-state index is 0.208. The van der Waals surface area contributed by atoms with Gasteiger partial charge in [0.15, 0.2) is 5.96 Å². The van der Waals surface area contributed by atoms with Crippen molar-refractivity contribution in [1.29, 1.82) is 0 Å². The number of benzene rings is 2. The van der Waals surface area contributed by atoms with Crippen LogP contribution in [0.2, 0.25) is 0 Å². The molecule has 0 fully saturated rings. The van der Waals surface area contributed by atoms with Gasteiger partial charge < -0.3 is 15.7 Å². The molecule has 1 unspecified atom stereocenters. The van der Waals surface area contributed by atoms with E-state index in [0.717, 1.165) is 12.8 Å². The van der Waals surface area contributed by atoms with Gasteiger partial charge >= 0.3 is 0 Å². The van der Waals surface area contributed by atoms with Crippen molar-refractivity contribution in [3.05, 3.63) is 82.6 Å². The molecule has 0 aliphatic carbocycles. The maximum atomic E-state index is 10.1. The predicted octanol–water partition coefficient (Wildman–Crippen LogP) is 5.03. The SMILES string of the molecule is CC(CCc1ccccc1)NC(=NCc1cccs1)Nc1ccccc1O. The Morgan fingerprint density at radius 3 is 2.56 bits per heavy atom. The second kappa shape index (κ2) is 9.78. The highest BCUT2D eigenvalue weighted by atomic mass is 32.1. The fourth-order valence-electron chi connectivity index (χ4n) is 2.72. The number of phenolic OH excluding ortho intramolecular Hbond substituents is 1. The summed E-state index contributed by atoms with van der Waals surface area (Å²) in [6, 6.07) is 22.0. The van der Waals surface area contributed by atoms with Gasteiger partial charge in [-0.1, -0.05) is 48.5 Å². The number of aromatic hydroxyl groups is 1. The average molecular weight is 380 g/mol. The topological polar surface area (TPSA) is 56.7 Å². The summed E-state index contributed by atoms with van der Waals surface area (Å²) in [7, 11) is 0. The first-order chi connectivity index (χ1) is 13.2. The van der Waals surface area contributed by atoms with Crippen LogP contribution in [0.4, 0.5) is 5.69 Å². The van der Waals surface area contributed by atoms with Crippen molar-refractivity contribution in [1.82, 2.24) is 5.32 Å². The quantitative estimate of drug-likeness (QED) is 0.306. The maximum Gasteiger partial charge on any atom is 0.196 e. The van der Waals surface area contributed by atoms with Crippen LogP contribution >= 0.6 is 11.3 Å². The molecule has 0 radical (unpaired) electrons. The van der Waals surface area contributed by atoms with Crippen LogP contribution in [0.5, 0.6) is 5.75 Å². The molecule has 0 amide bonds. The molecule has 1 heterocycles. The summed E-state index contributed by atoms with van der Waals surface area (Å²) >= 11 is 1.69. The number of hydrogen-bond donors (Lipinski definition) is 3. The normalized spacial score (nSPS) is 12.6. The molecule has 5 heteroatoms. The van der Waals surface area contributed by atoms with Crippen molar-refractivity contribution in [2.45, 2.75) is 32.4 Å². The van der Waals surface area contributed by atoms with Gasteiger partial charge in [-0.25, -0.2) is 4.99 Å². The van der Waals surface area contributed by atoms with Crippen LogP contribution in [0, 0.1) is 0 Å². The first-order valence-corrected chi connectivity index (χ1v) is 10.0. The Morgan fingerprint density at radius 2 is 1.81 bits per heavy atom. The largest absolute Gasteiger partial charge is 0.506 e. The molecule has 0 saturated heterocycles. The van der Waals surface area contributed by atoms with Crippen LogP contribution in [0.1, 0.15) is 23.8 Å². The fourth-order valence-corrected chi connectivity index (χ4v) is 3.35. The zero-order chi connectivity index (χ0) is 18.9. The number of hydrogen-bond acceptors (Lipinski definition) is 3. The fraction of sp³-hybridized carbons (Fsp3) is 0.227. The van der Waals surface area contributed by atoms with E-state index in [9.17, 15) is 5.11 Å². The number of guanidine groups is 1. The first-order valence-electron chi connectivity index (χ1n) is 9.13. The highest BCUT2D eigenvalue weighted by Crippen LogP contribution is 2.21. The molecule has 4 nitrogen and oxygen atoms in total. The third kappa shape index (κ3) is 6.15. The highest BCUT2D eigenvalue weighted by Gasteiger charge is 2.09. The monoisotopic (exact) mass is 379 g/mol. The second-order valence-corrected chi connectivity index (χ2v) is 7.49. The maximum absolute atomic E-state index is 10.1. The van der Waals surface area contributed by atoms with E-state index in [1.165, 1.54) is 10.4 Å². The number of para-hydroxylation sites is 2. The van der Waals surface area contributed by atoms with Crippen LogP contribution in [0.25, 0.3) is 0 Å². The minimum absolute atomic E-state index is 0.208. The Balaban J connectivity index is 1.65. The van der Waals surface area contributed by atoms with E-state index < -0.39 is 0 Å². The van der Waals surface area contributed by atoms with Gasteiger partial charge in [-0.3, -0.25) is 0 Å². The summed E-state index contributed by atoms with van der Waals surface area (Å²) in [5, 5.41) is 18.8. The molecule has 27 heavy (non-hydrogen) atoms. The Morgan fingerprint density at radius 1 is 1.04 bits per heavy atom. The Hall–Kier alpha value is -2.79.